The normalized spacial score (nSPS) is 17.9. The molecule has 1 saturated heterocycles. The van der Waals surface area contributed by atoms with Crippen molar-refractivity contribution < 1.29 is 14.3 Å². The predicted molar refractivity (Wildman–Crippen MR) is 107 cm³/mol. The van der Waals surface area contributed by atoms with Gasteiger partial charge in [-0.1, -0.05) is 18.3 Å². The summed E-state index contributed by atoms with van der Waals surface area (Å²) in [6.07, 6.45) is 4.57. The Bertz CT molecular complexity index is 751. The number of ether oxygens (including phenoxy) is 2. The molecule has 1 amide bonds. The van der Waals surface area contributed by atoms with Crippen LogP contribution in [0.15, 0.2) is 18.2 Å². The van der Waals surface area contributed by atoms with Crippen LogP contribution < -0.4 is 10.1 Å². The second-order valence-electron chi connectivity index (χ2n) is 7.71. The molecule has 2 heterocycles. The molecule has 0 bridgehead atoms. The molecule has 1 N–H and O–H groups in total. The minimum atomic E-state index is -0.401. The smallest absolute Gasteiger partial charge is 0.278 e. The quantitative estimate of drug-likeness (QED) is 0.470. The van der Waals surface area contributed by atoms with Gasteiger partial charge >= 0.3 is 0 Å². The van der Waals surface area contributed by atoms with Crippen molar-refractivity contribution in [2.75, 3.05) is 13.1 Å². The fourth-order valence-electron chi connectivity index (χ4n) is 2.93. The van der Waals surface area contributed by atoms with E-state index in [-0.39, 0.29) is 11.4 Å². The number of hydrogen-bond acceptors (Lipinski definition) is 6. The van der Waals surface area contributed by atoms with Gasteiger partial charge in [0, 0.05) is 24.9 Å². The van der Waals surface area contributed by atoms with E-state index in [0.717, 1.165) is 12.2 Å². The lowest BCUT2D eigenvalue weighted by Crippen LogP contribution is -2.50. The number of thiazole rings is 1. The maximum Gasteiger partial charge on any atom is 0.278 e. The van der Waals surface area contributed by atoms with Crippen molar-refractivity contribution in [3.05, 3.63) is 23.1 Å². The molecule has 0 unspecified atom stereocenters. The van der Waals surface area contributed by atoms with Crippen molar-refractivity contribution in [1.29, 1.82) is 0 Å². The average molecular weight is 392 g/mol. The van der Waals surface area contributed by atoms with Gasteiger partial charge in [0.2, 0.25) is 0 Å². The number of rotatable bonds is 5. The van der Waals surface area contributed by atoms with Gasteiger partial charge in [-0.05, 0) is 34.6 Å². The number of carbonyl (C=O) groups excluding carboxylic acids is 1. The highest BCUT2D eigenvalue weighted by Crippen LogP contribution is 2.35. The van der Waals surface area contributed by atoms with E-state index in [2.05, 4.69) is 47.8 Å². The Balaban J connectivity index is 1.91. The molecule has 0 aliphatic carbocycles. The molecule has 7 heteroatoms. The lowest BCUT2D eigenvalue weighted by Gasteiger charge is -2.39. The summed E-state index contributed by atoms with van der Waals surface area (Å²) in [7, 11) is 0. The second-order valence-corrected chi connectivity index (χ2v) is 8.70. The summed E-state index contributed by atoms with van der Waals surface area (Å²) in [6.45, 7) is 13.7. The lowest BCUT2D eigenvalue weighted by atomic mass is 10.0. The van der Waals surface area contributed by atoms with Gasteiger partial charge in [-0.15, -0.1) is 11.8 Å². The fourth-order valence-corrected chi connectivity index (χ4v) is 3.59. The van der Waals surface area contributed by atoms with Crippen LogP contribution in [-0.4, -0.2) is 40.1 Å². The first-order chi connectivity index (χ1) is 12.6. The minimum absolute atomic E-state index is 0.0208. The molecule has 1 fully saturated rings. The molecule has 1 aliphatic rings. The molecule has 27 heavy (non-hydrogen) atoms. The third kappa shape index (κ3) is 5.98. The van der Waals surface area contributed by atoms with Gasteiger partial charge in [-0.25, -0.2) is 4.98 Å². The van der Waals surface area contributed by atoms with Crippen molar-refractivity contribution in [2.24, 2.45) is 0 Å². The third-order valence-corrected chi connectivity index (χ3v) is 4.88. The highest BCUT2D eigenvalue weighted by molar-refractivity contribution is 7.15. The molecule has 0 saturated carbocycles. The topological polar surface area (TPSA) is 63.7 Å². The predicted octanol–water partition coefficient (Wildman–Crippen LogP) is 3.76. The molecular formula is C20H29N3O3S. The zero-order chi connectivity index (χ0) is 20.1. The first-order valence-electron chi connectivity index (χ1n) is 9.15. The first-order valence-corrected chi connectivity index (χ1v) is 9.97. The first kappa shape index (κ1) is 21.3. The largest absolute Gasteiger partial charge is 0.473 e. The monoisotopic (exact) mass is 391 g/mol. The van der Waals surface area contributed by atoms with E-state index < -0.39 is 5.72 Å². The summed E-state index contributed by atoms with van der Waals surface area (Å²) in [5.41, 5.74) is -0.422. The number of nitrogens with zero attached hydrogens (tertiary/aromatic N) is 2. The highest BCUT2D eigenvalue weighted by Gasteiger charge is 2.43. The third-order valence-electron chi connectivity index (χ3n) is 3.99. The summed E-state index contributed by atoms with van der Waals surface area (Å²) in [6, 6.07) is 0. The van der Waals surface area contributed by atoms with Crippen molar-refractivity contribution >= 4 is 17.2 Å². The van der Waals surface area contributed by atoms with Crippen molar-refractivity contribution in [3.63, 3.8) is 0 Å². The number of aromatic nitrogens is 1. The highest BCUT2D eigenvalue weighted by atomic mass is 32.1. The molecule has 6 nitrogen and oxygen atoms in total. The van der Waals surface area contributed by atoms with Crippen LogP contribution in [0.3, 0.4) is 0 Å². The average Bonchev–Trinajstić information content (AvgIpc) is 3.16. The van der Waals surface area contributed by atoms with Crippen LogP contribution in [-0.2, 0) is 4.74 Å². The maximum atomic E-state index is 12.1. The molecule has 0 spiro atoms. The van der Waals surface area contributed by atoms with E-state index in [1.165, 1.54) is 17.5 Å². The summed E-state index contributed by atoms with van der Waals surface area (Å²) < 4.78 is 11.6. The molecule has 1 aromatic rings. The van der Waals surface area contributed by atoms with Gasteiger partial charge in [0.15, 0.2) is 5.72 Å². The SMILES string of the molecule is CCC#CCCNC(=O)c1cnc(O/C=C2/CN(C(C)(C)C)C(C)(C)O2)s1. The summed E-state index contributed by atoms with van der Waals surface area (Å²) in [5.74, 6) is 6.55. The van der Waals surface area contributed by atoms with Gasteiger partial charge in [0.1, 0.15) is 16.9 Å². The Morgan fingerprint density at radius 3 is 2.85 bits per heavy atom. The molecule has 148 valence electrons. The van der Waals surface area contributed by atoms with Crippen molar-refractivity contribution in [3.8, 4) is 17.0 Å². The maximum absolute atomic E-state index is 12.1. The standard InChI is InChI=1S/C20H29N3O3S/c1-7-8-9-10-11-21-17(24)16-12-22-18(27-16)25-14-15-13-23(19(2,3)4)20(5,6)26-15/h12,14H,7,10-11,13H2,1-6H3,(H,21,24)/b15-14-. The van der Waals surface area contributed by atoms with E-state index in [4.69, 9.17) is 9.47 Å². The number of hydrogen-bond donors (Lipinski definition) is 1. The van der Waals surface area contributed by atoms with Crippen molar-refractivity contribution in [2.45, 2.75) is 65.6 Å². The van der Waals surface area contributed by atoms with E-state index in [1.54, 1.807) is 6.26 Å². The molecule has 2 rings (SSSR count). The van der Waals surface area contributed by atoms with Gasteiger partial charge in [0.25, 0.3) is 11.1 Å². The summed E-state index contributed by atoms with van der Waals surface area (Å²) in [5, 5.41) is 3.24. The Kier molecular flexibility index (Phi) is 6.90. The van der Waals surface area contributed by atoms with Crippen LogP contribution in [0.1, 0.15) is 64.1 Å². The van der Waals surface area contributed by atoms with Crippen LogP contribution in [0.2, 0.25) is 0 Å². The van der Waals surface area contributed by atoms with Crippen LogP contribution in [0.25, 0.3) is 0 Å². The summed E-state index contributed by atoms with van der Waals surface area (Å²) in [4.78, 5) is 19.0. The van der Waals surface area contributed by atoms with Crippen LogP contribution in [0, 0.1) is 11.8 Å². The lowest BCUT2D eigenvalue weighted by molar-refractivity contribution is -0.0735. The van der Waals surface area contributed by atoms with Gasteiger partial charge in [-0.2, -0.15) is 0 Å². The number of nitrogens with one attached hydrogen (secondary N) is 1. The zero-order valence-electron chi connectivity index (χ0n) is 17.0. The van der Waals surface area contributed by atoms with Crippen LogP contribution in [0.4, 0.5) is 0 Å². The van der Waals surface area contributed by atoms with Gasteiger partial charge < -0.3 is 14.8 Å². The molecular weight excluding hydrogens is 362 g/mol. The van der Waals surface area contributed by atoms with Crippen LogP contribution >= 0.6 is 11.3 Å². The molecule has 1 aliphatic heterocycles. The Labute approximate surface area is 165 Å². The fraction of sp³-hybridized carbons (Fsp3) is 0.600. The molecule has 0 atom stereocenters. The van der Waals surface area contributed by atoms with E-state index in [0.29, 0.717) is 29.6 Å². The van der Waals surface area contributed by atoms with Crippen LogP contribution in [0.5, 0.6) is 5.19 Å². The minimum Gasteiger partial charge on any atom is -0.473 e. The van der Waals surface area contributed by atoms with Gasteiger partial charge in [-0.3, -0.25) is 9.69 Å². The van der Waals surface area contributed by atoms with E-state index >= 15 is 0 Å². The molecule has 0 radical (unpaired) electrons. The summed E-state index contributed by atoms with van der Waals surface area (Å²) >= 11 is 1.20. The van der Waals surface area contributed by atoms with E-state index in [1.807, 2.05) is 20.8 Å². The van der Waals surface area contributed by atoms with Gasteiger partial charge in [0.05, 0.1) is 12.7 Å². The van der Waals surface area contributed by atoms with E-state index in [9.17, 15) is 4.79 Å². The number of carbonyl (C=O) groups is 1. The Morgan fingerprint density at radius 1 is 1.48 bits per heavy atom. The zero-order valence-corrected chi connectivity index (χ0v) is 17.8. The Morgan fingerprint density at radius 2 is 2.22 bits per heavy atom. The molecule has 0 aromatic carbocycles. The second kappa shape index (κ2) is 8.77. The Hall–Kier alpha value is -2.04. The molecule has 1 aromatic heterocycles. The number of amides is 1. The van der Waals surface area contributed by atoms with Crippen molar-refractivity contribution in [1.82, 2.24) is 15.2 Å².